The molecule has 1 aromatic heterocycles. The lowest BCUT2D eigenvalue weighted by Gasteiger charge is -2.23. The first-order valence-electron chi connectivity index (χ1n) is 6.85. The molecule has 5 heteroatoms. The lowest BCUT2D eigenvalue weighted by Crippen LogP contribution is -2.28. The van der Waals surface area contributed by atoms with Gasteiger partial charge in [0.05, 0.1) is 0 Å². The number of nitrogens with one attached hydrogen (secondary N) is 1. The van der Waals surface area contributed by atoms with Crippen LogP contribution in [0.2, 0.25) is 0 Å². The second kappa shape index (κ2) is 5.88. The number of hydrogen-bond acceptors (Lipinski definition) is 5. The number of nitrogens with two attached hydrogens (primary N) is 1. The van der Waals surface area contributed by atoms with Gasteiger partial charge in [0.1, 0.15) is 11.6 Å². The van der Waals surface area contributed by atoms with Gasteiger partial charge in [0, 0.05) is 30.9 Å². The van der Waals surface area contributed by atoms with Crippen molar-refractivity contribution in [1.29, 1.82) is 0 Å². The molecule has 1 saturated heterocycles. The van der Waals surface area contributed by atoms with E-state index in [-0.39, 0.29) is 0 Å². The molecule has 0 radical (unpaired) electrons. The Balaban J connectivity index is 1.83. The van der Waals surface area contributed by atoms with E-state index in [1.807, 2.05) is 30.3 Å². The van der Waals surface area contributed by atoms with Crippen molar-refractivity contribution in [3.63, 3.8) is 0 Å². The SMILES string of the molecule is Nc1cc(NC2CCOCC2)nc(-c2ccccc2)n1. The van der Waals surface area contributed by atoms with E-state index in [0.717, 1.165) is 37.4 Å². The molecule has 1 aliphatic rings. The van der Waals surface area contributed by atoms with Crippen molar-refractivity contribution in [2.45, 2.75) is 18.9 Å². The molecule has 3 N–H and O–H groups in total. The molecule has 0 saturated carbocycles. The van der Waals surface area contributed by atoms with Crippen LogP contribution in [0.4, 0.5) is 11.6 Å². The maximum atomic E-state index is 5.89. The number of nitrogens with zero attached hydrogens (tertiary/aromatic N) is 2. The first-order valence-corrected chi connectivity index (χ1v) is 6.85. The third kappa shape index (κ3) is 3.05. The van der Waals surface area contributed by atoms with Crippen LogP contribution in [0.15, 0.2) is 36.4 Å². The quantitative estimate of drug-likeness (QED) is 0.895. The van der Waals surface area contributed by atoms with Crippen LogP contribution >= 0.6 is 0 Å². The topological polar surface area (TPSA) is 73.1 Å². The molecule has 0 unspecified atom stereocenters. The molecule has 0 aliphatic carbocycles. The summed E-state index contributed by atoms with van der Waals surface area (Å²) in [5.74, 6) is 1.91. The third-order valence-electron chi connectivity index (χ3n) is 3.35. The molecule has 1 fully saturated rings. The standard InChI is InChI=1S/C15H18N4O/c16-13-10-14(17-12-6-8-20-9-7-12)19-15(18-13)11-4-2-1-3-5-11/h1-5,10,12H,6-9H2,(H3,16,17,18,19). The van der Waals surface area contributed by atoms with Crippen LogP contribution in [0.1, 0.15) is 12.8 Å². The highest BCUT2D eigenvalue weighted by Crippen LogP contribution is 2.20. The average Bonchev–Trinajstić information content (AvgIpc) is 2.49. The van der Waals surface area contributed by atoms with Crippen LogP contribution < -0.4 is 11.1 Å². The predicted molar refractivity (Wildman–Crippen MR) is 79.3 cm³/mol. The van der Waals surface area contributed by atoms with E-state index in [9.17, 15) is 0 Å². The van der Waals surface area contributed by atoms with Crippen LogP contribution in [0.3, 0.4) is 0 Å². The molecule has 2 aromatic rings. The molecule has 5 nitrogen and oxygen atoms in total. The number of rotatable bonds is 3. The minimum absolute atomic E-state index is 0.390. The highest BCUT2D eigenvalue weighted by atomic mass is 16.5. The lowest BCUT2D eigenvalue weighted by atomic mass is 10.1. The Hall–Kier alpha value is -2.14. The fraction of sp³-hybridized carbons (Fsp3) is 0.333. The van der Waals surface area contributed by atoms with Crippen molar-refractivity contribution in [3.05, 3.63) is 36.4 Å². The zero-order valence-corrected chi connectivity index (χ0v) is 11.2. The summed E-state index contributed by atoms with van der Waals surface area (Å²) in [6.45, 7) is 1.59. The van der Waals surface area contributed by atoms with Crippen molar-refractivity contribution in [2.24, 2.45) is 0 Å². The van der Waals surface area contributed by atoms with Gasteiger partial charge < -0.3 is 15.8 Å². The first kappa shape index (κ1) is 12.9. The molecule has 0 atom stereocenters. The van der Waals surface area contributed by atoms with Gasteiger partial charge in [0.15, 0.2) is 5.82 Å². The number of nitrogen functional groups attached to an aromatic ring is 1. The van der Waals surface area contributed by atoms with Gasteiger partial charge in [-0.3, -0.25) is 0 Å². The van der Waals surface area contributed by atoms with Crippen LogP contribution in [0.5, 0.6) is 0 Å². The van der Waals surface area contributed by atoms with Crippen molar-refractivity contribution < 1.29 is 4.74 Å². The van der Waals surface area contributed by atoms with Gasteiger partial charge in [-0.15, -0.1) is 0 Å². The van der Waals surface area contributed by atoms with Gasteiger partial charge >= 0.3 is 0 Å². The minimum atomic E-state index is 0.390. The smallest absolute Gasteiger partial charge is 0.163 e. The van der Waals surface area contributed by atoms with E-state index in [2.05, 4.69) is 15.3 Å². The van der Waals surface area contributed by atoms with Crippen molar-refractivity contribution in [1.82, 2.24) is 9.97 Å². The molecule has 2 heterocycles. The van der Waals surface area contributed by atoms with Gasteiger partial charge in [-0.05, 0) is 12.8 Å². The maximum absolute atomic E-state index is 5.89. The van der Waals surface area contributed by atoms with E-state index in [4.69, 9.17) is 10.5 Å². The Morgan fingerprint density at radius 3 is 2.60 bits per heavy atom. The highest BCUT2D eigenvalue weighted by molar-refractivity contribution is 5.60. The second-order valence-corrected chi connectivity index (χ2v) is 4.90. The van der Waals surface area contributed by atoms with E-state index >= 15 is 0 Å². The van der Waals surface area contributed by atoms with Crippen molar-refractivity contribution in [2.75, 3.05) is 24.3 Å². The Kier molecular flexibility index (Phi) is 3.78. The Morgan fingerprint density at radius 1 is 1.10 bits per heavy atom. The summed E-state index contributed by atoms with van der Waals surface area (Å²) in [6.07, 6.45) is 1.98. The van der Waals surface area contributed by atoms with Gasteiger partial charge in [0.25, 0.3) is 0 Å². The number of aromatic nitrogens is 2. The first-order chi connectivity index (χ1) is 9.81. The second-order valence-electron chi connectivity index (χ2n) is 4.90. The fourth-order valence-electron chi connectivity index (χ4n) is 2.31. The molecule has 0 bridgehead atoms. The van der Waals surface area contributed by atoms with Gasteiger partial charge in [-0.2, -0.15) is 0 Å². The van der Waals surface area contributed by atoms with E-state index in [0.29, 0.717) is 17.7 Å². The summed E-state index contributed by atoms with van der Waals surface area (Å²) < 4.78 is 5.36. The molecular weight excluding hydrogens is 252 g/mol. The Morgan fingerprint density at radius 2 is 1.85 bits per heavy atom. The molecule has 3 rings (SSSR count). The number of anilines is 2. The Labute approximate surface area is 118 Å². The average molecular weight is 270 g/mol. The van der Waals surface area contributed by atoms with Gasteiger partial charge in [0.2, 0.25) is 0 Å². The minimum Gasteiger partial charge on any atom is -0.384 e. The summed E-state index contributed by atoms with van der Waals surface area (Å²) in [7, 11) is 0. The van der Waals surface area contributed by atoms with Gasteiger partial charge in [-0.25, -0.2) is 9.97 Å². The maximum Gasteiger partial charge on any atom is 0.163 e. The summed E-state index contributed by atoms with van der Waals surface area (Å²) in [6, 6.07) is 12.0. The summed E-state index contributed by atoms with van der Waals surface area (Å²) in [5, 5.41) is 3.42. The predicted octanol–water partition coefficient (Wildman–Crippen LogP) is 2.32. The number of hydrogen-bond donors (Lipinski definition) is 2. The molecule has 0 spiro atoms. The lowest BCUT2D eigenvalue weighted by molar-refractivity contribution is 0.0904. The van der Waals surface area contributed by atoms with Crippen LogP contribution in [0, 0.1) is 0 Å². The summed E-state index contributed by atoms with van der Waals surface area (Å²) >= 11 is 0. The van der Waals surface area contributed by atoms with Gasteiger partial charge in [-0.1, -0.05) is 30.3 Å². The zero-order chi connectivity index (χ0) is 13.8. The van der Waals surface area contributed by atoms with E-state index in [1.165, 1.54) is 0 Å². The molecule has 104 valence electrons. The molecule has 1 aromatic carbocycles. The van der Waals surface area contributed by atoms with Crippen molar-refractivity contribution in [3.8, 4) is 11.4 Å². The van der Waals surface area contributed by atoms with Crippen molar-refractivity contribution >= 4 is 11.6 Å². The summed E-state index contributed by atoms with van der Waals surface area (Å²) in [4.78, 5) is 8.85. The largest absolute Gasteiger partial charge is 0.384 e. The molecule has 20 heavy (non-hydrogen) atoms. The normalized spacial score (nSPS) is 16.0. The van der Waals surface area contributed by atoms with Crippen LogP contribution in [0.25, 0.3) is 11.4 Å². The third-order valence-corrected chi connectivity index (χ3v) is 3.35. The van der Waals surface area contributed by atoms with E-state index < -0.39 is 0 Å². The van der Waals surface area contributed by atoms with Crippen LogP contribution in [-0.4, -0.2) is 29.2 Å². The molecule has 1 aliphatic heterocycles. The fourth-order valence-corrected chi connectivity index (χ4v) is 2.31. The zero-order valence-electron chi connectivity index (χ0n) is 11.2. The monoisotopic (exact) mass is 270 g/mol. The van der Waals surface area contributed by atoms with E-state index in [1.54, 1.807) is 6.07 Å². The number of ether oxygens (including phenoxy) is 1. The molecular formula is C15H18N4O. The highest BCUT2D eigenvalue weighted by Gasteiger charge is 2.14. The molecule has 0 amide bonds. The van der Waals surface area contributed by atoms with Crippen LogP contribution in [-0.2, 0) is 4.74 Å². The Bertz CT molecular complexity index is 567. The number of benzene rings is 1. The summed E-state index contributed by atoms with van der Waals surface area (Å²) in [5.41, 5.74) is 6.85.